The topological polar surface area (TPSA) is 39.9 Å². The van der Waals surface area contributed by atoms with Crippen molar-refractivity contribution in [2.24, 2.45) is 0 Å². The average molecular weight is 149 g/mol. The van der Waals surface area contributed by atoms with Gasteiger partial charge in [-0.25, -0.2) is 9.55 Å². The predicted octanol–water partition coefficient (Wildman–Crippen LogP) is 0.405. The van der Waals surface area contributed by atoms with Crippen molar-refractivity contribution in [2.45, 2.75) is 6.73 Å². The first kappa shape index (κ1) is 6.37. The van der Waals surface area contributed by atoms with Crippen LogP contribution in [-0.2, 0) is 6.73 Å². The number of aromatic nitrogens is 2. The van der Waals surface area contributed by atoms with Gasteiger partial charge in [-0.2, -0.15) is 0 Å². The van der Waals surface area contributed by atoms with Gasteiger partial charge in [0.1, 0.15) is 0 Å². The number of para-hydroxylation sites is 2. The number of fused-ring (bicyclic) bond motifs is 1. The third kappa shape index (κ3) is 0.897. The molecule has 3 nitrogen and oxygen atoms in total. The largest absolute Gasteiger partial charge is 0.357 e. The normalized spacial score (nSPS) is 10.6. The van der Waals surface area contributed by atoms with Crippen molar-refractivity contribution < 1.29 is 9.67 Å². The van der Waals surface area contributed by atoms with Crippen molar-refractivity contribution >= 4 is 11.0 Å². The molecule has 2 aromatic rings. The van der Waals surface area contributed by atoms with E-state index in [1.54, 1.807) is 10.9 Å². The summed E-state index contributed by atoms with van der Waals surface area (Å²) in [5.41, 5.74) is 2.07. The van der Waals surface area contributed by atoms with Crippen molar-refractivity contribution in [1.82, 2.24) is 4.98 Å². The predicted molar refractivity (Wildman–Crippen MR) is 40.7 cm³/mol. The fourth-order valence-corrected chi connectivity index (χ4v) is 1.18. The Kier molecular flexibility index (Phi) is 1.36. The second-order valence-electron chi connectivity index (χ2n) is 2.40. The molecule has 0 saturated heterocycles. The van der Waals surface area contributed by atoms with Gasteiger partial charge in [-0.1, -0.05) is 12.1 Å². The molecule has 1 aromatic carbocycles. The summed E-state index contributed by atoms with van der Waals surface area (Å²) in [6.07, 6.45) is 1.75. The Bertz CT molecular complexity index is 367. The van der Waals surface area contributed by atoms with Crippen molar-refractivity contribution in [3.63, 3.8) is 0 Å². The SMILES string of the molecule is OC[n+]1c[nH]c2ccccc21. The van der Waals surface area contributed by atoms with Crippen molar-refractivity contribution in [3.05, 3.63) is 30.6 Å². The molecule has 0 unspecified atom stereocenters. The van der Waals surface area contributed by atoms with Gasteiger partial charge in [-0.05, 0) is 12.1 Å². The number of benzene rings is 1. The Morgan fingerprint density at radius 1 is 1.36 bits per heavy atom. The molecule has 0 fully saturated rings. The van der Waals surface area contributed by atoms with Crippen molar-refractivity contribution in [2.75, 3.05) is 0 Å². The van der Waals surface area contributed by atoms with E-state index in [4.69, 9.17) is 5.11 Å². The van der Waals surface area contributed by atoms with Crippen LogP contribution in [-0.4, -0.2) is 10.1 Å². The molecule has 2 N–H and O–H groups in total. The van der Waals surface area contributed by atoms with Crippen molar-refractivity contribution in [1.29, 1.82) is 0 Å². The molecule has 0 atom stereocenters. The van der Waals surface area contributed by atoms with E-state index in [0.717, 1.165) is 11.0 Å². The molecule has 0 saturated carbocycles. The molecule has 0 aliphatic rings. The average Bonchev–Trinajstić information content (AvgIpc) is 2.47. The van der Waals surface area contributed by atoms with Crippen LogP contribution in [0.25, 0.3) is 11.0 Å². The van der Waals surface area contributed by atoms with E-state index in [2.05, 4.69) is 4.98 Å². The molecule has 0 spiro atoms. The van der Waals surface area contributed by atoms with E-state index in [9.17, 15) is 0 Å². The minimum absolute atomic E-state index is 0.0179. The summed E-state index contributed by atoms with van der Waals surface area (Å²) in [5.74, 6) is 0. The molecule has 0 aliphatic heterocycles. The number of aromatic amines is 1. The van der Waals surface area contributed by atoms with Gasteiger partial charge in [0, 0.05) is 0 Å². The van der Waals surface area contributed by atoms with Crippen molar-refractivity contribution in [3.8, 4) is 0 Å². The number of rotatable bonds is 1. The lowest BCUT2D eigenvalue weighted by molar-refractivity contribution is -0.706. The van der Waals surface area contributed by atoms with E-state index in [1.165, 1.54) is 0 Å². The first-order chi connectivity index (χ1) is 5.42. The molecule has 11 heavy (non-hydrogen) atoms. The van der Waals surface area contributed by atoms with E-state index in [-0.39, 0.29) is 6.73 Å². The monoisotopic (exact) mass is 149 g/mol. The summed E-state index contributed by atoms with van der Waals surface area (Å²) < 4.78 is 1.75. The number of imidazole rings is 1. The fraction of sp³-hybridized carbons (Fsp3) is 0.125. The van der Waals surface area contributed by atoms with Gasteiger partial charge in [-0.15, -0.1) is 0 Å². The third-order valence-corrected chi connectivity index (χ3v) is 1.74. The molecule has 1 heterocycles. The first-order valence-electron chi connectivity index (χ1n) is 3.48. The zero-order valence-electron chi connectivity index (χ0n) is 5.99. The van der Waals surface area contributed by atoms with Crippen LogP contribution in [0.4, 0.5) is 0 Å². The molecule has 3 heteroatoms. The molecular weight excluding hydrogens is 140 g/mol. The number of hydrogen-bond donors (Lipinski definition) is 2. The number of aliphatic hydroxyl groups excluding tert-OH is 1. The Balaban J connectivity index is 2.76. The molecule has 0 bridgehead atoms. The van der Waals surface area contributed by atoms with Crippen LogP contribution in [0, 0.1) is 0 Å². The van der Waals surface area contributed by atoms with Crippen LogP contribution in [0.3, 0.4) is 0 Å². The lowest BCUT2D eigenvalue weighted by Crippen LogP contribution is -2.31. The molecule has 0 amide bonds. The van der Waals surface area contributed by atoms with Crippen LogP contribution in [0.2, 0.25) is 0 Å². The van der Waals surface area contributed by atoms with Crippen LogP contribution >= 0.6 is 0 Å². The summed E-state index contributed by atoms with van der Waals surface area (Å²) >= 11 is 0. The van der Waals surface area contributed by atoms with Gasteiger partial charge in [-0.3, -0.25) is 0 Å². The highest BCUT2D eigenvalue weighted by molar-refractivity contribution is 5.70. The molecule has 56 valence electrons. The summed E-state index contributed by atoms with van der Waals surface area (Å²) in [6, 6.07) is 7.84. The van der Waals surface area contributed by atoms with Gasteiger partial charge < -0.3 is 5.11 Å². The smallest absolute Gasteiger partial charge is 0.244 e. The van der Waals surface area contributed by atoms with Gasteiger partial charge in [0.2, 0.25) is 6.33 Å². The lowest BCUT2D eigenvalue weighted by Gasteiger charge is -1.87. The zero-order chi connectivity index (χ0) is 7.68. The Labute approximate surface area is 63.9 Å². The van der Waals surface area contributed by atoms with Gasteiger partial charge in [0.05, 0.1) is 0 Å². The molecule has 1 aromatic heterocycles. The standard InChI is InChI=1S/C8H8N2O/c11-6-10-5-9-7-3-1-2-4-8(7)10/h1-5,11H,6H2/p+1. The zero-order valence-corrected chi connectivity index (χ0v) is 5.99. The first-order valence-corrected chi connectivity index (χ1v) is 3.48. The van der Waals surface area contributed by atoms with Crippen LogP contribution in [0.1, 0.15) is 0 Å². The Hall–Kier alpha value is -1.35. The molecule has 0 aliphatic carbocycles. The summed E-state index contributed by atoms with van der Waals surface area (Å²) in [5, 5.41) is 8.87. The maximum Gasteiger partial charge on any atom is 0.244 e. The highest BCUT2D eigenvalue weighted by atomic mass is 16.3. The van der Waals surface area contributed by atoms with E-state index >= 15 is 0 Å². The molecule has 0 radical (unpaired) electrons. The second kappa shape index (κ2) is 2.36. The quantitative estimate of drug-likeness (QED) is 0.566. The fourth-order valence-electron chi connectivity index (χ4n) is 1.18. The minimum atomic E-state index is 0.0179. The number of aliphatic hydroxyl groups is 1. The highest BCUT2D eigenvalue weighted by Gasteiger charge is 2.04. The van der Waals surface area contributed by atoms with E-state index in [1.807, 2.05) is 24.3 Å². The third-order valence-electron chi connectivity index (χ3n) is 1.74. The number of nitrogens with one attached hydrogen (secondary N) is 1. The second-order valence-corrected chi connectivity index (χ2v) is 2.40. The Morgan fingerprint density at radius 2 is 2.18 bits per heavy atom. The van der Waals surface area contributed by atoms with Crippen LogP contribution < -0.4 is 4.57 Å². The van der Waals surface area contributed by atoms with Crippen LogP contribution in [0.5, 0.6) is 0 Å². The van der Waals surface area contributed by atoms with Gasteiger partial charge in [0.25, 0.3) is 0 Å². The maximum absolute atomic E-state index is 8.87. The minimum Gasteiger partial charge on any atom is -0.357 e. The number of nitrogens with zero attached hydrogens (tertiary/aromatic N) is 1. The molecular formula is C8H9N2O+. The maximum atomic E-state index is 8.87. The van der Waals surface area contributed by atoms with Gasteiger partial charge in [0.15, 0.2) is 17.8 Å². The van der Waals surface area contributed by atoms with Crippen LogP contribution in [0.15, 0.2) is 30.6 Å². The van der Waals surface area contributed by atoms with E-state index < -0.39 is 0 Å². The number of hydrogen-bond acceptors (Lipinski definition) is 1. The lowest BCUT2D eigenvalue weighted by atomic mass is 10.3. The molecule has 2 rings (SSSR count). The summed E-state index contributed by atoms with van der Waals surface area (Å²) in [6.45, 7) is 0.0179. The number of H-pyrrole nitrogens is 1. The van der Waals surface area contributed by atoms with E-state index in [0.29, 0.717) is 0 Å². The summed E-state index contributed by atoms with van der Waals surface area (Å²) in [7, 11) is 0. The highest BCUT2D eigenvalue weighted by Crippen LogP contribution is 2.04. The van der Waals surface area contributed by atoms with Gasteiger partial charge >= 0.3 is 0 Å². The summed E-state index contributed by atoms with van der Waals surface area (Å²) in [4.78, 5) is 3.04. The Morgan fingerprint density at radius 3 is 3.00 bits per heavy atom.